The zero-order valence-corrected chi connectivity index (χ0v) is 17.9. The Morgan fingerprint density at radius 1 is 1.23 bits per heavy atom. The topological polar surface area (TPSA) is 74.2 Å². The fraction of sp³-hybridized carbons (Fsp3) is 0.391. The maximum atomic E-state index is 11.8. The molecular weight excluding hydrogens is 402 g/mol. The minimum Gasteiger partial charge on any atom is -0.507 e. The molecule has 30 heavy (non-hydrogen) atoms. The Hall–Kier alpha value is -2.57. The molecule has 2 heterocycles. The number of phenols is 1. The van der Waals surface area contributed by atoms with E-state index < -0.39 is 5.66 Å². The first-order valence-corrected chi connectivity index (χ1v) is 10.5. The summed E-state index contributed by atoms with van der Waals surface area (Å²) in [5.74, 6) is 1.06. The Kier molecular flexibility index (Phi) is 5.71. The summed E-state index contributed by atoms with van der Waals surface area (Å²) in [6.45, 7) is 2.90. The summed E-state index contributed by atoms with van der Waals surface area (Å²) in [5.41, 5.74) is 2.12. The molecular formula is C23H26ClN3O3. The fourth-order valence-electron chi connectivity index (χ4n) is 4.30. The van der Waals surface area contributed by atoms with Crippen molar-refractivity contribution in [3.8, 4) is 11.5 Å². The molecule has 1 amide bonds. The van der Waals surface area contributed by atoms with E-state index in [1.807, 2.05) is 17.0 Å². The summed E-state index contributed by atoms with van der Waals surface area (Å²) in [7, 11) is 1.65. The number of aromatic hydroxyl groups is 1. The van der Waals surface area contributed by atoms with E-state index in [2.05, 4.69) is 17.4 Å². The van der Waals surface area contributed by atoms with Crippen LogP contribution in [-0.4, -0.2) is 47.5 Å². The first-order chi connectivity index (χ1) is 14.4. The van der Waals surface area contributed by atoms with Gasteiger partial charge in [0, 0.05) is 61.6 Å². The van der Waals surface area contributed by atoms with Crippen molar-refractivity contribution in [1.29, 1.82) is 0 Å². The SMILES string of the molecule is COc1ccc([C@@H]2CC(c3cc(Cl)ccc3O)=NC3(CCN(C(C)=O)CC3)N2)cc1. The minimum absolute atomic E-state index is 0.0191. The van der Waals surface area contributed by atoms with E-state index in [1.165, 1.54) is 0 Å². The second kappa shape index (κ2) is 8.28. The van der Waals surface area contributed by atoms with Gasteiger partial charge in [0.1, 0.15) is 17.2 Å². The van der Waals surface area contributed by atoms with Crippen LogP contribution in [0.2, 0.25) is 5.02 Å². The van der Waals surface area contributed by atoms with Crippen molar-refractivity contribution in [3.05, 3.63) is 58.6 Å². The molecule has 1 spiro atoms. The molecule has 0 saturated carbocycles. The third-order valence-corrected chi connectivity index (χ3v) is 6.25. The molecule has 7 heteroatoms. The molecule has 0 unspecified atom stereocenters. The number of benzene rings is 2. The second-order valence-corrected chi connectivity index (χ2v) is 8.37. The minimum atomic E-state index is -0.487. The third-order valence-electron chi connectivity index (χ3n) is 6.01. The van der Waals surface area contributed by atoms with Crippen LogP contribution >= 0.6 is 11.6 Å². The molecule has 1 atom stereocenters. The monoisotopic (exact) mass is 427 g/mol. The van der Waals surface area contributed by atoms with Crippen LogP contribution < -0.4 is 10.1 Å². The number of carbonyl (C=O) groups is 1. The highest BCUT2D eigenvalue weighted by atomic mass is 35.5. The van der Waals surface area contributed by atoms with Gasteiger partial charge in [-0.15, -0.1) is 0 Å². The molecule has 158 valence electrons. The number of carbonyl (C=O) groups excluding carboxylic acids is 1. The molecule has 2 aliphatic heterocycles. The molecule has 2 N–H and O–H groups in total. The number of ether oxygens (including phenoxy) is 1. The maximum Gasteiger partial charge on any atom is 0.219 e. The molecule has 0 aliphatic carbocycles. The number of piperidine rings is 1. The highest BCUT2D eigenvalue weighted by Gasteiger charge is 2.40. The van der Waals surface area contributed by atoms with Crippen molar-refractivity contribution in [2.24, 2.45) is 4.99 Å². The van der Waals surface area contributed by atoms with Gasteiger partial charge in [0.2, 0.25) is 5.91 Å². The first kappa shape index (κ1) is 20.7. The van der Waals surface area contributed by atoms with Gasteiger partial charge in [-0.05, 0) is 35.9 Å². The largest absolute Gasteiger partial charge is 0.507 e. The molecule has 2 aromatic rings. The van der Waals surface area contributed by atoms with E-state index in [1.54, 1.807) is 32.2 Å². The molecule has 2 aromatic carbocycles. The van der Waals surface area contributed by atoms with Crippen LogP contribution in [0.25, 0.3) is 0 Å². The first-order valence-electron chi connectivity index (χ1n) is 10.1. The normalized spacial score (nSPS) is 20.7. The predicted octanol–water partition coefficient (Wildman–Crippen LogP) is 3.92. The number of rotatable bonds is 3. The van der Waals surface area contributed by atoms with E-state index in [4.69, 9.17) is 21.3 Å². The van der Waals surface area contributed by atoms with Gasteiger partial charge in [-0.1, -0.05) is 23.7 Å². The molecule has 0 aromatic heterocycles. The lowest BCUT2D eigenvalue weighted by atomic mass is 9.87. The highest BCUT2D eigenvalue weighted by molar-refractivity contribution is 6.31. The number of hydrogen-bond acceptors (Lipinski definition) is 5. The van der Waals surface area contributed by atoms with Crippen molar-refractivity contribution in [1.82, 2.24) is 10.2 Å². The van der Waals surface area contributed by atoms with Crippen molar-refractivity contribution < 1.29 is 14.6 Å². The number of nitrogens with one attached hydrogen (secondary N) is 1. The lowest BCUT2D eigenvalue weighted by Gasteiger charge is -2.45. The smallest absolute Gasteiger partial charge is 0.219 e. The Labute approximate surface area is 181 Å². The number of amides is 1. The summed E-state index contributed by atoms with van der Waals surface area (Å²) in [4.78, 5) is 18.7. The van der Waals surface area contributed by atoms with Crippen LogP contribution in [0.15, 0.2) is 47.5 Å². The molecule has 0 radical (unpaired) electrons. The van der Waals surface area contributed by atoms with Gasteiger partial charge in [-0.2, -0.15) is 0 Å². The molecule has 4 rings (SSSR count). The maximum absolute atomic E-state index is 11.8. The van der Waals surface area contributed by atoms with Gasteiger partial charge < -0.3 is 14.7 Å². The lowest BCUT2D eigenvalue weighted by molar-refractivity contribution is -0.130. The summed E-state index contributed by atoms with van der Waals surface area (Å²) in [5, 5.41) is 14.8. The van der Waals surface area contributed by atoms with E-state index in [9.17, 15) is 9.90 Å². The Bertz CT molecular complexity index is 966. The number of halogens is 1. The Balaban J connectivity index is 1.71. The van der Waals surface area contributed by atoms with E-state index in [0.29, 0.717) is 42.9 Å². The highest BCUT2D eigenvalue weighted by Crippen LogP contribution is 2.37. The van der Waals surface area contributed by atoms with Gasteiger partial charge in [0.05, 0.1) is 7.11 Å². The summed E-state index contributed by atoms with van der Waals surface area (Å²) >= 11 is 6.21. The van der Waals surface area contributed by atoms with Gasteiger partial charge in [0.25, 0.3) is 0 Å². The molecule has 1 fully saturated rings. The van der Waals surface area contributed by atoms with Gasteiger partial charge in [0.15, 0.2) is 0 Å². The fourth-order valence-corrected chi connectivity index (χ4v) is 4.47. The number of likely N-dealkylation sites (tertiary alicyclic amines) is 1. The third kappa shape index (κ3) is 4.16. The second-order valence-electron chi connectivity index (χ2n) is 7.93. The van der Waals surface area contributed by atoms with Crippen LogP contribution in [0.3, 0.4) is 0 Å². The van der Waals surface area contributed by atoms with Crippen LogP contribution in [0.1, 0.15) is 43.4 Å². The van der Waals surface area contributed by atoms with Crippen molar-refractivity contribution in [2.45, 2.75) is 37.9 Å². The molecule has 6 nitrogen and oxygen atoms in total. The number of nitrogens with zero attached hydrogens (tertiary/aromatic N) is 2. The zero-order valence-electron chi connectivity index (χ0n) is 17.2. The van der Waals surface area contributed by atoms with Crippen molar-refractivity contribution >= 4 is 23.2 Å². The van der Waals surface area contributed by atoms with Crippen LogP contribution in [0.5, 0.6) is 11.5 Å². The van der Waals surface area contributed by atoms with Crippen molar-refractivity contribution in [3.63, 3.8) is 0 Å². The average molecular weight is 428 g/mol. The van der Waals surface area contributed by atoms with Crippen LogP contribution in [0, 0.1) is 0 Å². The Morgan fingerprint density at radius 3 is 2.57 bits per heavy atom. The molecule has 2 aliphatic rings. The van der Waals surface area contributed by atoms with Crippen LogP contribution in [0.4, 0.5) is 0 Å². The van der Waals surface area contributed by atoms with Crippen LogP contribution in [-0.2, 0) is 4.79 Å². The van der Waals surface area contributed by atoms with E-state index >= 15 is 0 Å². The number of methoxy groups -OCH3 is 1. The lowest BCUT2D eigenvalue weighted by Crippen LogP contribution is -2.56. The van der Waals surface area contributed by atoms with E-state index in [0.717, 1.165) is 17.0 Å². The summed E-state index contributed by atoms with van der Waals surface area (Å²) in [6.07, 6.45) is 2.05. The van der Waals surface area contributed by atoms with Crippen molar-refractivity contribution in [2.75, 3.05) is 20.2 Å². The zero-order chi connectivity index (χ0) is 21.3. The summed E-state index contributed by atoms with van der Waals surface area (Å²) in [6, 6.07) is 13.1. The molecule has 0 bridgehead atoms. The number of phenolic OH excluding ortho intramolecular Hbond substituents is 1. The van der Waals surface area contributed by atoms with Gasteiger partial charge in [-0.25, -0.2) is 0 Å². The van der Waals surface area contributed by atoms with E-state index in [-0.39, 0.29) is 17.7 Å². The quantitative estimate of drug-likeness (QED) is 0.778. The summed E-state index contributed by atoms with van der Waals surface area (Å²) < 4.78 is 5.29. The van der Waals surface area contributed by atoms with Gasteiger partial charge >= 0.3 is 0 Å². The van der Waals surface area contributed by atoms with Gasteiger partial charge in [-0.3, -0.25) is 15.1 Å². The number of aliphatic imine (C=N–C) groups is 1. The standard InChI is InChI=1S/C23H26ClN3O3/c1-15(28)27-11-9-23(10-12-27)25-20(16-3-6-18(30-2)7-4-16)14-21(26-23)19-13-17(24)5-8-22(19)29/h3-8,13,20,25,29H,9-12,14H2,1-2H3/t20-/m0/s1. The Morgan fingerprint density at radius 2 is 1.93 bits per heavy atom. The average Bonchev–Trinajstić information content (AvgIpc) is 2.75. The number of hydrogen-bond donors (Lipinski definition) is 2. The molecule has 1 saturated heterocycles. The predicted molar refractivity (Wildman–Crippen MR) is 117 cm³/mol.